The van der Waals surface area contributed by atoms with E-state index >= 15 is 0 Å². The van der Waals surface area contributed by atoms with Crippen LogP contribution in [0.25, 0.3) is 0 Å². The number of amides is 1. The number of unbranched alkanes of at least 4 members (excludes halogenated alkanes) is 22. The van der Waals surface area contributed by atoms with Crippen molar-refractivity contribution in [2.75, 3.05) is 13.2 Å². The molecule has 0 radical (unpaired) electrons. The quantitative estimate of drug-likeness (QED) is 0.0195. The molecule has 1 rings (SSSR count). The standard InChI is InChI=1S/C74H123NO10/c1-4-7-10-13-16-19-22-24-26-28-30-31-32-33-34-35-36-37-38-40-42-44-47-50-53-56-59-62-69(79)85-72-71(81)70(80)68(63-76)84-74(72)83-64-65(66(77)60-57-54-51-48-45-21-18-15-12-9-6-3)75-73(82)67(78)61-58-55-52-49-46-43-41-39-29-27-25-23-20-17-14-11-8-5-2/h7,10,16-17,19-20,24-27,30-31,33-34,36-37,39,41,46,49,57,60,65-68,70-72,74,76-78,80-81H,4-6,8-9,11-15,18,21-23,28-29,32,35,38,40,42-45,47-48,50-56,58-59,61-64H2,1-3H3,(H,75,82)/b10-7-,19-16-,20-17-,26-24-,27-25-,31-30-,34-33-,37-36-,41-39-,49-46-,60-57+. The van der Waals surface area contributed by atoms with Gasteiger partial charge in [0.15, 0.2) is 12.4 Å². The van der Waals surface area contributed by atoms with Crippen LogP contribution in [0.15, 0.2) is 134 Å². The summed E-state index contributed by atoms with van der Waals surface area (Å²) < 4.78 is 17.6. The van der Waals surface area contributed by atoms with Gasteiger partial charge in [-0.05, 0) is 122 Å². The fourth-order valence-electron chi connectivity index (χ4n) is 9.70. The summed E-state index contributed by atoms with van der Waals surface area (Å²) >= 11 is 0. The lowest BCUT2D eigenvalue weighted by Gasteiger charge is -2.41. The van der Waals surface area contributed by atoms with Crippen LogP contribution in [0.5, 0.6) is 0 Å². The van der Waals surface area contributed by atoms with E-state index in [9.17, 15) is 35.1 Å². The zero-order chi connectivity index (χ0) is 61.7. The minimum atomic E-state index is -1.63. The highest BCUT2D eigenvalue weighted by Crippen LogP contribution is 2.26. The highest BCUT2D eigenvalue weighted by atomic mass is 16.7. The zero-order valence-corrected chi connectivity index (χ0v) is 53.7. The summed E-state index contributed by atoms with van der Waals surface area (Å²) in [5.74, 6) is -1.24. The summed E-state index contributed by atoms with van der Waals surface area (Å²) in [6.07, 6.45) is 74.9. The van der Waals surface area contributed by atoms with Crippen molar-refractivity contribution in [2.24, 2.45) is 0 Å². The van der Waals surface area contributed by atoms with Crippen LogP contribution in [-0.2, 0) is 23.8 Å². The first-order valence-electron chi connectivity index (χ1n) is 34.0. The van der Waals surface area contributed by atoms with Crippen molar-refractivity contribution < 1.29 is 49.3 Å². The Labute approximate surface area is 518 Å². The molecule has 1 saturated heterocycles. The lowest BCUT2D eigenvalue weighted by atomic mass is 9.99. The Bertz CT molecular complexity index is 1890. The molecule has 0 spiro atoms. The molecule has 85 heavy (non-hydrogen) atoms. The lowest BCUT2D eigenvalue weighted by Crippen LogP contribution is -2.61. The lowest BCUT2D eigenvalue weighted by molar-refractivity contribution is -0.305. The normalized spacial score (nSPS) is 19.3. The van der Waals surface area contributed by atoms with Crippen molar-refractivity contribution in [3.05, 3.63) is 134 Å². The van der Waals surface area contributed by atoms with Crippen molar-refractivity contribution in [3.63, 3.8) is 0 Å². The number of nitrogens with one attached hydrogen (secondary N) is 1. The van der Waals surface area contributed by atoms with E-state index in [1.165, 1.54) is 77.0 Å². The average Bonchev–Trinajstić information content (AvgIpc) is 2.92. The molecule has 11 nitrogen and oxygen atoms in total. The van der Waals surface area contributed by atoms with E-state index in [1.807, 2.05) is 6.08 Å². The first-order valence-corrected chi connectivity index (χ1v) is 34.0. The zero-order valence-electron chi connectivity index (χ0n) is 53.7. The van der Waals surface area contributed by atoms with Crippen LogP contribution < -0.4 is 5.32 Å². The van der Waals surface area contributed by atoms with Crippen molar-refractivity contribution in [1.82, 2.24) is 5.32 Å². The highest BCUT2D eigenvalue weighted by molar-refractivity contribution is 5.80. The molecular formula is C74H123NO10. The topological polar surface area (TPSA) is 175 Å². The first kappa shape index (κ1) is 78.8. The van der Waals surface area contributed by atoms with Crippen LogP contribution in [0.3, 0.4) is 0 Å². The maximum absolute atomic E-state index is 13.4. The fourth-order valence-corrected chi connectivity index (χ4v) is 9.70. The van der Waals surface area contributed by atoms with E-state index in [-0.39, 0.29) is 19.4 Å². The minimum absolute atomic E-state index is 0.101. The number of hydrogen-bond acceptors (Lipinski definition) is 10. The molecule has 0 bridgehead atoms. The van der Waals surface area contributed by atoms with Gasteiger partial charge in [0.05, 0.1) is 25.4 Å². The monoisotopic (exact) mass is 1190 g/mol. The van der Waals surface area contributed by atoms with Gasteiger partial charge in [-0.2, -0.15) is 0 Å². The molecule has 8 unspecified atom stereocenters. The number of rotatable bonds is 56. The molecule has 0 aromatic rings. The maximum Gasteiger partial charge on any atom is 0.306 e. The van der Waals surface area contributed by atoms with E-state index in [0.29, 0.717) is 12.8 Å². The Morgan fingerprint density at radius 1 is 0.471 bits per heavy atom. The molecule has 1 heterocycles. The number of aliphatic hydroxyl groups is 5. The second-order valence-electron chi connectivity index (χ2n) is 22.8. The van der Waals surface area contributed by atoms with Gasteiger partial charge in [0.25, 0.3) is 0 Å². The summed E-state index contributed by atoms with van der Waals surface area (Å²) in [7, 11) is 0. The number of carbonyl (C=O) groups is 2. The smallest absolute Gasteiger partial charge is 0.306 e. The summed E-state index contributed by atoms with van der Waals surface area (Å²) in [4.78, 5) is 26.6. The molecule has 1 amide bonds. The molecule has 8 atom stereocenters. The van der Waals surface area contributed by atoms with Crippen LogP contribution in [0.4, 0.5) is 0 Å². The molecule has 1 aliphatic rings. The number of hydrogen-bond donors (Lipinski definition) is 6. The number of allylic oxidation sites excluding steroid dienone is 21. The van der Waals surface area contributed by atoms with E-state index in [2.05, 4.69) is 148 Å². The maximum atomic E-state index is 13.4. The number of ether oxygens (including phenoxy) is 3. The van der Waals surface area contributed by atoms with E-state index in [0.717, 1.165) is 135 Å². The fraction of sp³-hybridized carbons (Fsp3) is 0.676. The average molecular weight is 1190 g/mol. The summed E-state index contributed by atoms with van der Waals surface area (Å²) in [6, 6.07) is -1.05. The highest BCUT2D eigenvalue weighted by Gasteiger charge is 2.47. The molecule has 1 aliphatic heterocycles. The van der Waals surface area contributed by atoms with Gasteiger partial charge in [0.2, 0.25) is 5.91 Å². The van der Waals surface area contributed by atoms with Gasteiger partial charge >= 0.3 is 5.97 Å². The summed E-state index contributed by atoms with van der Waals surface area (Å²) in [5, 5.41) is 57.1. The van der Waals surface area contributed by atoms with Gasteiger partial charge in [-0.1, -0.05) is 264 Å². The molecule has 11 heteroatoms. The summed E-state index contributed by atoms with van der Waals surface area (Å²) in [6.45, 7) is 5.61. The van der Waals surface area contributed by atoms with Crippen molar-refractivity contribution in [1.29, 1.82) is 0 Å². The molecule has 0 aliphatic carbocycles. The third-order valence-electron chi connectivity index (χ3n) is 15.0. The third-order valence-corrected chi connectivity index (χ3v) is 15.0. The van der Waals surface area contributed by atoms with E-state index < -0.39 is 67.4 Å². The van der Waals surface area contributed by atoms with Crippen LogP contribution in [-0.4, -0.2) is 99.6 Å². The van der Waals surface area contributed by atoms with Crippen molar-refractivity contribution in [2.45, 2.75) is 307 Å². The van der Waals surface area contributed by atoms with Gasteiger partial charge < -0.3 is 45.1 Å². The minimum Gasteiger partial charge on any atom is -0.454 e. The molecular weight excluding hydrogens is 1060 g/mol. The Morgan fingerprint density at radius 2 is 0.847 bits per heavy atom. The van der Waals surface area contributed by atoms with Gasteiger partial charge in [-0.15, -0.1) is 0 Å². The number of aliphatic hydroxyl groups excluding tert-OH is 5. The van der Waals surface area contributed by atoms with Crippen molar-refractivity contribution >= 4 is 11.9 Å². The van der Waals surface area contributed by atoms with Crippen molar-refractivity contribution in [3.8, 4) is 0 Å². The molecule has 484 valence electrons. The van der Waals surface area contributed by atoms with Crippen LogP contribution in [0.1, 0.15) is 258 Å². The van der Waals surface area contributed by atoms with Gasteiger partial charge in [0.1, 0.15) is 24.4 Å². The Hall–Kier alpha value is -4.20. The van der Waals surface area contributed by atoms with Gasteiger partial charge in [0, 0.05) is 6.42 Å². The Balaban J connectivity index is 2.61. The molecule has 1 fully saturated rings. The molecule has 0 aromatic heterocycles. The van der Waals surface area contributed by atoms with E-state index in [1.54, 1.807) is 6.08 Å². The van der Waals surface area contributed by atoms with Gasteiger partial charge in [-0.3, -0.25) is 9.59 Å². The molecule has 0 saturated carbocycles. The molecule has 0 aromatic carbocycles. The Morgan fingerprint density at radius 3 is 1.29 bits per heavy atom. The van der Waals surface area contributed by atoms with E-state index in [4.69, 9.17) is 14.2 Å². The Kier molecular flexibility index (Phi) is 55.7. The van der Waals surface area contributed by atoms with Crippen LogP contribution >= 0.6 is 0 Å². The van der Waals surface area contributed by atoms with Crippen LogP contribution in [0, 0.1) is 0 Å². The summed E-state index contributed by atoms with van der Waals surface area (Å²) in [5.41, 5.74) is 0. The largest absolute Gasteiger partial charge is 0.454 e. The molecule has 6 N–H and O–H groups in total. The SMILES string of the molecule is CC/C=C\C/C=C\C/C=C\C/C=C\C/C=C\C/C=C\CCCCCCCCCCC(=O)OC1C(OCC(NC(=O)C(O)CCCC/C=C\C/C=C\C/C=C\C/C=C\CCCCC)C(O)/C=C/CCCCCCCCCCC)OC(CO)C(O)C1O. The first-order chi connectivity index (χ1) is 41.7. The number of esters is 1. The van der Waals surface area contributed by atoms with Gasteiger partial charge in [-0.25, -0.2) is 0 Å². The third kappa shape index (κ3) is 47.5. The number of carbonyl (C=O) groups excluding carboxylic acids is 2. The predicted octanol–water partition coefficient (Wildman–Crippen LogP) is 17.2. The second-order valence-corrected chi connectivity index (χ2v) is 22.8. The van der Waals surface area contributed by atoms with Crippen LogP contribution in [0.2, 0.25) is 0 Å². The second kappa shape index (κ2) is 60.1. The predicted molar refractivity (Wildman–Crippen MR) is 356 cm³/mol.